The van der Waals surface area contributed by atoms with E-state index in [0.29, 0.717) is 17.1 Å². The SMILES string of the molecule is CC(C)[C@H](C(=O)[O-])N1C(=O)/C(=C\c2ccc(-c3ccc(F)cc3)o2)SC1=S. The Morgan fingerprint density at radius 2 is 1.93 bits per heavy atom. The molecular weight excluding hydrogens is 389 g/mol. The molecule has 2 heterocycles. The number of thioether (sulfide) groups is 1. The topological polar surface area (TPSA) is 73.6 Å². The van der Waals surface area contributed by atoms with E-state index in [9.17, 15) is 19.1 Å². The van der Waals surface area contributed by atoms with Crippen molar-refractivity contribution >= 4 is 46.3 Å². The van der Waals surface area contributed by atoms with Crippen LogP contribution in [0.4, 0.5) is 4.39 Å². The Kier molecular flexibility index (Phi) is 5.48. The molecule has 8 heteroatoms. The zero-order valence-corrected chi connectivity index (χ0v) is 16.1. The van der Waals surface area contributed by atoms with Crippen molar-refractivity contribution < 1.29 is 23.5 Å². The molecule has 1 aromatic carbocycles. The Morgan fingerprint density at radius 1 is 1.26 bits per heavy atom. The normalized spacial score (nSPS) is 17.2. The van der Waals surface area contributed by atoms with Crippen LogP contribution in [0, 0.1) is 11.7 Å². The molecule has 3 rings (SSSR count). The van der Waals surface area contributed by atoms with Crippen LogP contribution >= 0.6 is 24.0 Å². The summed E-state index contributed by atoms with van der Waals surface area (Å²) in [5, 5.41) is 11.4. The van der Waals surface area contributed by atoms with E-state index in [1.54, 1.807) is 38.1 Å². The van der Waals surface area contributed by atoms with Crippen LogP contribution in [0.5, 0.6) is 0 Å². The van der Waals surface area contributed by atoms with Gasteiger partial charge in [0, 0.05) is 11.6 Å². The summed E-state index contributed by atoms with van der Waals surface area (Å²) in [6.07, 6.45) is 1.51. The Bertz CT molecular complexity index is 933. The highest BCUT2D eigenvalue weighted by molar-refractivity contribution is 8.26. The van der Waals surface area contributed by atoms with E-state index in [2.05, 4.69) is 0 Å². The van der Waals surface area contributed by atoms with Crippen molar-refractivity contribution in [1.29, 1.82) is 0 Å². The summed E-state index contributed by atoms with van der Waals surface area (Å²) in [6.45, 7) is 3.37. The van der Waals surface area contributed by atoms with Gasteiger partial charge in [0.05, 0.1) is 16.9 Å². The largest absolute Gasteiger partial charge is 0.548 e. The molecule has 0 bridgehead atoms. The van der Waals surface area contributed by atoms with Crippen LogP contribution < -0.4 is 5.11 Å². The lowest BCUT2D eigenvalue weighted by atomic mass is 10.0. The Morgan fingerprint density at radius 3 is 2.52 bits per heavy atom. The Hall–Kier alpha value is -2.45. The molecule has 140 valence electrons. The minimum atomic E-state index is -1.35. The van der Waals surface area contributed by atoms with Gasteiger partial charge in [-0.2, -0.15) is 0 Å². The number of carbonyl (C=O) groups is 2. The number of aliphatic carboxylic acids is 1. The van der Waals surface area contributed by atoms with E-state index in [1.165, 1.54) is 18.2 Å². The number of carboxylic acid groups (broad SMARTS) is 1. The highest BCUT2D eigenvalue weighted by Crippen LogP contribution is 2.36. The average Bonchev–Trinajstić information content (AvgIpc) is 3.16. The minimum Gasteiger partial charge on any atom is -0.548 e. The first-order valence-electron chi connectivity index (χ1n) is 8.11. The molecule has 1 saturated heterocycles. The molecule has 1 fully saturated rings. The van der Waals surface area contributed by atoms with Gasteiger partial charge in [0.2, 0.25) is 0 Å². The van der Waals surface area contributed by atoms with Crippen LogP contribution in [-0.4, -0.2) is 27.1 Å². The van der Waals surface area contributed by atoms with E-state index >= 15 is 0 Å². The molecule has 1 atom stereocenters. The predicted molar refractivity (Wildman–Crippen MR) is 103 cm³/mol. The minimum absolute atomic E-state index is 0.166. The van der Waals surface area contributed by atoms with Crippen molar-refractivity contribution in [1.82, 2.24) is 4.90 Å². The highest BCUT2D eigenvalue weighted by atomic mass is 32.2. The molecule has 0 saturated carbocycles. The van der Waals surface area contributed by atoms with Gasteiger partial charge in [-0.05, 0) is 42.3 Å². The summed E-state index contributed by atoms with van der Waals surface area (Å²) in [4.78, 5) is 25.4. The third-order valence-electron chi connectivity index (χ3n) is 4.00. The average molecular weight is 404 g/mol. The number of halogens is 1. The van der Waals surface area contributed by atoms with E-state index in [-0.39, 0.29) is 21.0 Å². The molecule has 1 aromatic heterocycles. The molecule has 27 heavy (non-hydrogen) atoms. The number of rotatable bonds is 5. The predicted octanol–water partition coefficient (Wildman–Crippen LogP) is 3.06. The molecule has 0 N–H and O–H groups in total. The van der Waals surface area contributed by atoms with Crippen LogP contribution in [0.2, 0.25) is 0 Å². The van der Waals surface area contributed by atoms with Crippen LogP contribution in [0.1, 0.15) is 19.6 Å². The first-order valence-corrected chi connectivity index (χ1v) is 9.34. The first-order chi connectivity index (χ1) is 12.8. The summed E-state index contributed by atoms with van der Waals surface area (Å²) < 4.78 is 18.9. The summed E-state index contributed by atoms with van der Waals surface area (Å²) in [6, 6.07) is 8.08. The number of carbonyl (C=O) groups excluding carboxylic acids is 2. The molecule has 0 unspecified atom stereocenters. The third-order valence-corrected chi connectivity index (χ3v) is 5.33. The number of benzene rings is 1. The number of hydrogen-bond acceptors (Lipinski definition) is 6. The summed E-state index contributed by atoms with van der Waals surface area (Å²) in [7, 11) is 0. The van der Waals surface area contributed by atoms with Crippen molar-refractivity contribution in [3.8, 4) is 11.3 Å². The summed E-state index contributed by atoms with van der Waals surface area (Å²) >= 11 is 6.20. The molecule has 1 aliphatic heterocycles. The Balaban J connectivity index is 1.86. The van der Waals surface area contributed by atoms with Crippen LogP contribution in [0.25, 0.3) is 17.4 Å². The molecular formula is C19H15FNO4S2-. The van der Waals surface area contributed by atoms with Gasteiger partial charge in [0.15, 0.2) is 0 Å². The van der Waals surface area contributed by atoms with E-state index in [0.717, 1.165) is 16.7 Å². The monoisotopic (exact) mass is 404 g/mol. The fraction of sp³-hybridized carbons (Fsp3) is 0.211. The number of hydrogen-bond donors (Lipinski definition) is 0. The smallest absolute Gasteiger partial charge is 0.266 e. The maximum atomic E-state index is 13.0. The first kappa shape index (κ1) is 19.3. The molecule has 2 aromatic rings. The van der Waals surface area contributed by atoms with Crippen molar-refractivity contribution in [2.45, 2.75) is 19.9 Å². The fourth-order valence-corrected chi connectivity index (χ4v) is 4.03. The number of furan rings is 1. The van der Waals surface area contributed by atoms with E-state index in [4.69, 9.17) is 16.6 Å². The van der Waals surface area contributed by atoms with Gasteiger partial charge < -0.3 is 14.3 Å². The quantitative estimate of drug-likeness (QED) is 0.563. The number of thiocarbonyl (C=S) groups is 1. The number of nitrogens with zero attached hydrogens (tertiary/aromatic N) is 1. The van der Waals surface area contributed by atoms with Gasteiger partial charge in [-0.1, -0.05) is 37.8 Å². The molecule has 0 radical (unpaired) electrons. The van der Waals surface area contributed by atoms with Crippen molar-refractivity contribution in [2.24, 2.45) is 5.92 Å². The summed E-state index contributed by atoms with van der Waals surface area (Å²) in [5.41, 5.74) is 0.695. The zero-order valence-electron chi connectivity index (χ0n) is 14.5. The van der Waals surface area contributed by atoms with Crippen LogP contribution in [0.3, 0.4) is 0 Å². The lowest BCUT2D eigenvalue weighted by Gasteiger charge is -2.30. The Labute approximate surface area is 164 Å². The fourth-order valence-electron chi connectivity index (χ4n) is 2.72. The van der Waals surface area contributed by atoms with Gasteiger partial charge in [-0.15, -0.1) is 0 Å². The standard InChI is InChI=1S/C19H16FNO4S2/c1-10(2)16(18(23)24)21-17(22)15(27-19(21)26)9-13-7-8-14(25-13)11-3-5-12(20)6-4-11/h3-10,16H,1-2H3,(H,23,24)/p-1/b15-9+/t16-/m1/s1. The molecule has 0 aliphatic carbocycles. The van der Waals surface area contributed by atoms with E-state index < -0.39 is 17.9 Å². The van der Waals surface area contributed by atoms with Crippen molar-refractivity contribution in [3.63, 3.8) is 0 Å². The van der Waals surface area contributed by atoms with Crippen molar-refractivity contribution in [2.75, 3.05) is 0 Å². The lowest BCUT2D eigenvalue weighted by Crippen LogP contribution is -2.52. The molecule has 1 aliphatic rings. The van der Waals surface area contributed by atoms with Gasteiger partial charge in [-0.3, -0.25) is 9.69 Å². The van der Waals surface area contributed by atoms with Gasteiger partial charge in [-0.25, -0.2) is 4.39 Å². The second kappa shape index (κ2) is 7.66. The molecule has 5 nitrogen and oxygen atoms in total. The lowest BCUT2D eigenvalue weighted by molar-refractivity contribution is -0.311. The van der Waals surface area contributed by atoms with Gasteiger partial charge >= 0.3 is 0 Å². The second-order valence-corrected chi connectivity index (χ2v) is 7.94. The van der Waals surface area contributed by atoms with E-state index in [1.807, 2.05) is 0 Å². The summed E-state index contributed by atoms with van der Waals surface area (Å²) in [5.74, 6) is -1.62. The number of carboxylic acids is 1. The maximum Gasteiger partial charge on any atom is 0.266 e. The van der Waals surface area contributed by atoms with Crippen LogP contribution in [0.15, 0.2) is 45.7 Å². The van der Waals surface area contributed by atoms with Crippen LogP contribution in [-0.2, 0) is 9.59 Å². The zero-order chi connectivity index (χ0) is 19.7. The third kappa shape index (κ3) is 3.96. The molecule has 1 amide bonds. The van der Waals surface area contributed by atoms with Crippen molar-refractivity contribution in [3.05, 3.63) is 52.9 Å². The molecule has 0 spiro atoms. The van der Waals surface area contributed by atoms with Gasteiger partial charge in [0.25, 0.3) is 5.91 Å². The number of amides is 1. The maximum absolute atomic E-state index is 13.0. The second-order valence-electron chi connectivity index (χ2n) is 6.27. The van der Waals surface area contributed by atoms with Gasteiger partial charge in [0.1, 0.15) is 21.7 Å². The highest BCUT2D eigenvalue weighted by Gasteiger charge is 2.39.